The van der Waals surface area contributed by atoms with E-state index in [-0.39, 0.29) is 5.92 Å². The molecule has 68 valence electrons. The molecule has 0 bridgehead atoms. The maximum Gasteiger partial charge on any atom is 0.0700 e. The maximum absolute atomic E-state index is 8.55. The Morgan fingerprint density at radius 2 is 2.50 bits per heavy atom. The summed E-state index contributed by atoms with van der Waals surface area (Å²) in [4.78, 5) is 0. The third-order valence-corrected chi connectivity index (χ3v) is 2.28. The normalized spacial score (nSPS) is 31.4. The highest BCUT2D eigenvalue weighted by atomic mass is 16.5. The predicted molar refractivity (Wildman–Crippen MR) is 46.6 cm³/mol. The molecule has 1 aliphatic rings. The third kappa shape index (κ3) is 2.47. The van der Waals surface area contributed by atoms with Gasteiger partial charge in [0.05, 0.1) is 18.1 Å². The van der Waals surface area contributed by atoms with Crippen LogP contribution in [0.1, 0.15) is 20.3 Å². The fourth-order valence-corrected chi connectivity index (χ4v) is 1.37. The van der Waals surface area contributed by atoms with Crippen molar-refractivity contribution in [2.24, 2.45) is 5.92 Å². The standard InChI is InChI=1S/C9H16N2O/c1-7(5-10)6-11-9-3-4-12-8(9)2/h7-9,11H,3-4,6H2,1-2H3. The van der Waals surface area contributed by atoms with E-state index in [1.165, 1.54) is 0 Å². The van der Waals surface area contributed by atoms with E-state index >= 15 is 0 Å². The Kier molecular flexibility index (Phi) is 3.51. The van der Waals surface area contributed by atoms with Gasteiger partial charge in [0.2, 0.25) is 0 Å². The van der Waals surface area contributed by atoms with E-state index < -0.39 is 0 Å². The number of nitriles is 1. The fourth-order valence-electron chi connectivity index (χ4n) is 1.37. The van der Waals surface area contributed by atoms with Crippen molar-refractivity contribution in [3.8, 4) is 6.07 Å². The van der Waals surface area contributed by atoms with Crippen LogP contribution in [0.5, 0.6) is 0 Å². The van der Waals surface area contributed by atoms with E-state index in [0.29, 0.717) is 12.1 Å². The second-order valence-electron chi connectivity index (χ2n) is 3.41. The molecule has 0 spiro atoms. The first-order valence-electron chi connectivity index (χ1n) is 4.48. The lowest BCUT2D eigenvalue weighted by Gasteiger charge is -2.16. The largest absolute Gasteiger partial charge is 0.377 e. The highest BCUT2D eigenvalue weighted by Gasteiger charge is 2.23. The van der Waals surface area contributed by atoms with Crippen LogP contribution < -0.4 is 5.32 Å². The summed E-state index contributed by atoms with van der Waals surface area (Å²) in [7, 11) is 0. The SMILES string of the molecule is CC(C#N)CNC1CCOC1C. The molecule has 0 aromatic carbocycles. The van der Waals surface area contributed by atoms with Crippen molar-refractivity contribution in [1.29, 1.82) is 5.26 Å². The van der Waals surface area contributed by atoms with Gasteiger partial charge in [-0.15, -0.1) is 0 Å². The van der Waals surface area contributed by atoms with E-state index in [2.05, 4.69) is 18.3 Å². The molecule has 0 radical (unpaired) electrons. The Morgan fingerprint density at radius 1 is 1.75 bits per heavy atom. The van der Waals surface area contributed by atoms with Crippen molar-refractivity contribution in [2.45, 2.75) is 32.4 Å². The topological polar surface area (TPSA) is 45.0 Å². The number of ether oxygens (including phenoxy) is 1. The second kappa shape index (κ2) is 4.44. The lowest BCUT2D eigenvalue weighted by molar-refractivity contribution is 0.113. The van der Waals surface area contributed by atoms with Gasteiger partial charge in [-0.3, -0.25) is 0 Å². The molecule has 0 aromatic rings. The Labute approximate surface area is 73.7 Å². The summed E-state index contributed by atoms with van der Waals surface area (Å²) in [6.07, 6.45) is 1.37. The molecular weight excluding hydrogens is 152 g/mol. The van der Waals surface area contributed by atoms with Crippen LogP contribution in [-0.4, -0.2) is 25.3 Å². The monoisotopic (exact) mass is 168 g/mol. The average Bonchev–Trinajstić information content (AvgIpc) is 2.47. The quantitative estimate of drug-likeness (QED) is 0.681. The van der Waals surface area contributed by atoms with Crippen molar-refractivity contribution < 1.29 is 4.74 Å². The van der Waals surface area contributed by atoms with Crippen LogP contribution in [0.15, 0.2) is 0 Å². The Balaban J connectivity index is 2.19. The van der Waals surface area contributed by atoms with E-state index in [0.717, 1.165) is 19.6 Å². The second-order valence-corrected chi connectivity index (χ2v) is 3.41. The summed E-state index contributed by atoms with van der Waals surface area (Å²) in [6, 6.07) is 2.65. The lowest BCUT2D eigenvalue weighted by Crippen LogP contribution is -2.37. The lowest BCUT2D eigenvalue weighted by atomic mass is 10.1. The third-order valence-electron chi connectivity index (χ3n) is 2.28. The van der Waals surface area contributed by atoms with Crippen LogP contribution in [0.4, 0.5) is 0 Å². The van der Waals surface area contributed by atoms with E-state index in [1.54, 1.807) is 0 Å². The zero-order chi connectivity index (χ0) is 8.97. The van der Waals surface area contributed by atoms with Gasteiger partial charge in [0.1, 0.15) is 0 Å². The average molecular weight is 168 g/mol. The van der Waals surface area contributed by atoms with Gasteiger partial charge in [0.25, 0.3) is 0 Å². The van der Waals surface area contributed by atoms with Crippen LogP contribution in [0.2, 0.25) is 0 Å². The van der Waals surface area contributed by atoms with Gasteiger partial charge in [-0.1, -0.05) is 0 Å². The molecule has 1 fully saturated rings. The van der Waals surface area contributed by atoms with Gasteiger partial charge < -0.3 is 10.1 Å². The van der Waals surface area contributed by atoms with Gasteiger partial charge in [0, 0.05) is 19.2 Å². The van der Waals surface area contributed by atoms with Crippen molar-refractivity contribution >= 4 is 0 Å². The molecule has 0 aliphatic carbocycles. The summed E-state index contributed by atoms with van der Waals surface area (Å²) in [5.41, 5.74) is 0. The van der Waals surface area contributed by atoms with Crippen LogP contribution in [0.3, 0.4) is 0 Å². The van der Waals surface area contributed by atoms with Crippen molar-refractivity contribution in [2.75, 3.05) is 13.2 Å². The van der Waals surface area contributed by atoms with E-state index in [1.807, 2.05) is 6.92 Å². The summed E-state index contributed by atoms with van der Waals surface area (Å²) in [5.74, 6) is 0.0952. The first kappa shape index (κ1) is 9.50. The molecule has 1 heterocycles. The zero-order valence-electron chi connectivity index (χ0n) is 7.71. The van der Waals surface area contributed by atoms with Crippen LogP contribution in [-0.2, 0) is 4.74 Å². The van der Waals surface area contributed by atoms with E-state index in [4.69, 9.17) is 10.00 Å². The highest BCUT2D eigenvalue weighted by molar-refractivity contribution is 4.85. The molecule has 0 aromatic heterocycles. The van der Waals surface area contributed by atoms with Crippen LogP contribution in [0.25, 0.3) is 0 Å². The van der Waals surface area contributed by atoms with Crippen LogP contribution >= 0.6 is 0 Å². The number of hydrogen-bond acceptors (Lipinski definition) is 3. The molecule has 0 saturated carbocycles. The smallest absolute Gasteiger partial charge is 0.0700 e. The number of hydrogen-bond donors (Lipinski definition) is 1. The zero-order valence-corrected chi connectivity index (χ0v) is 7.71. The maximum atomic E-state index is 8.55. The number of nitrogens with one attached hydrogen (secondary N) is 1. The molecule has 1 aliphatic heterocycles. The molecule has 3 nitrogen and oxygen atoms in total. The minimum Gasteiger partial charge on any atom is -0.377 e. The van der Waals surface area contributed by atoms with Crippen molar-refractivity contribution in [3.63, 3.8) is 0 Å². The van der Waals surface area contributed by atoms with Crippen molar-refractivity contribution in [1.82, 2.24) is 5.32 Å². The first-order valence-corrected chi connectivity index (χ1v) is 4.48. The molecule has 0 amide bonds. The van der Waals surface area contributed by atoms with Gasteiger partial charge in [-0.25, -0.2) is 0 Å². The molecule has 3 unspecified atom stereocenters. The molecule has 3 atom stereocenters. The summed E-state index contributed by atoms with van der Waals surface area (Å²) >= 11 is 0. The number of nitrogens with zero attached hydrogens (tertiary/aromatic N) is 1. The number of rotatable bonds is 3. The molecular formula is C9H16N2O. The molecule has 3 heteroatoms. The molecule has 1 N–H and O–H groups in total. The van der Waals surface area contributed by atoms with Gasteiger partial charge in [0.15, 0.2) is 0 Å². The van der Waals surface area contributed by atoms with Gasteiger partial charge >= 0.3 is 0 Å². The van der Waals surface area contributed by atoms with Crippen LogP contribution in [0, 0.1) is 17.2 Å². The summed E-state index contributed by atoms with van der Waals surface area (Å²) in [6.45, 7) is 5.61. The minimum atomic E-state index is 0.0952. The summed E-state index contributed by atoms with van der Waals surface area (Å²) < 4.78 is 5.39. The predicted octanol–water partition coefficient (Wildman–Crippen LogP) is 0.913. The van der Waals surface area contributed by atoms with Gasteiger partial charge in [-0.2, -0.15) is 5.26 Å². The molecule has 1 saturated heterocycles. The Morgan fingerprint density at radius 3 is 3.00 bits per heavy atom. The molecule has 12 heavy (non-hydrogen) atoms. The highest BCUT2D eigenvalue weighted by Crippen LogP contribution is 2.12. The van der Waals surface area contributed by atoms with E-state index in [9.17, 15) is 0 Å². The molecule has 1 rings (SSSR count). The van der Waals surface area contributed by atoms with Gasteiger partial charge in [-0.05, 0) is 20.3 Å². The van der Waals surface area contributed by atoms with Crippen molar-refractivity contribution in [3.05, 3.63) is 0 Å². The fraction of sp³-hybridized carbons (Fsp3) is 0.889. The summed E-state index contributed by atoms with van der Waals surface area (Å²) in [5, 5.41) is 11.9. The first-order chi connectivity index (χ1) is 5.74. The minimum absolute atomic E-state index is 0.0952. The Hall–Kier alpha value is -0.590. The Bertz CT molecular complexity index is 176.